The molecule has 1 amide bonds. The van der Waals surface area contributed by atoms with Crippen LogP contribution < -0.4 is 0 Å². The second-order valence-corrected chi connectivity index (χ2v) is 9.93. The summed E-state index contributed by atoms with van der Waals surface area (Å²) in [6.07, 6.45) is -0.760. The van der Waals surface area contributed by atoms with Gasteiger partial charge in [-0.25, -0.2) is 4.68 Å². The second kappa shape index (κ2) is 11.3. The zero-order valence-corrected chi connectivity index (χ0v) is 21.2. The zero-order valence-electron chi connectivity index (χ0n) is 21.2. The number of carbonyl (C=O) groups excluding carboxylic acids is 2. The molecule has 0 fully saturated rings. The van der Waals surface area contributed by atoms with Crippen molar-refractivity contribution < 1.29 is 32.6 Å². The first-order valence-electron chi connectivity index (χ1n) is 10.8. The number of fused-ring (bicyclic) bond motifs is 1. The molecular formula is C22H38F2N4O5. The molecule has 2 rings (SSSR count). The van der Waals surface area contributed by atoms with Crippen LogP contribution in [0.2, 0.25) is 0 Å². The number of rotatable bonds is 4. The number of esters is 1. The fourth-order valence-corrected chi connectivity index (χ4v) is 3.34. The Bertz CT molecular complexity index is 800. The summed E-state index contributed by atoms with van der Waals surface area (Å²) in [6, 6.07) is 0. The Hall–Kier alpha value is -2.14. The lowest BCUT2D eigenvalue weighted by Crippen LogP contribution is -2.43. The van der Waals surface area contributed by atoms with Gasteiger partial charge in [-0.05, 0) is 48.0 Å². The van der Waals surface area contributed by atoms with E-state index in [4.69, 9.17) is 9.47 Å². The average Bonchev–Trinajstić information content (AvgIpc) is 3.10. The van der Waals surface area contributed by atoms with E-state index >= 15 is 8.78 Å². The number of halogens is 2. The molecule has 0 spiro atoms. The molecule has 1 aromatic rings. The maximum Gasteiger partial charge on any atom is 0.310 e. The third-order valence-electron chi connectivity index (χ3n) is 4.64. The molecule has 190 valence electrons. The van der Waals surface area contributed by atoms with Gasteiger partial charge in [-0.3, -0.25) is 9.59 Å². The van der Waals surface area contributed by atoms with Crippen LogP contribution in [0, 0.1) is 0 Å². The van der Waals surface area contributed by atoms with Crippen LogP contribution in [0.1, 0.15) is 78.3 Å². The van der Waals surface area contributed by atoms with Gasteiger partial charge in [0.25, 0.3) is 0 Å². The third-order valence-corrected chi connectivity index (χ3v) is 4.64. The van der Waals surface area contributed by atoms with E-state index in [0.717, 1.165) is 4.90 Å². The normalized spacial score (nSPS) is 18.4. The summed E-state index contributed by atoms with van der Waals surface area (Å²) >= 11 is 0. The number of methoxy groups -OCH3 is 2. The Labute approximate surface area is 194 Å². The lowest BCUT2D eigenvalue weighted by atomic mass is 10.0. The molecule has 0 N–H and O–H groups in total. The van der Waals surface area contributed by atoms with Crippen LogP contribution in [0.3, 0.4) is 0 Å². The molecule has 1 aliphatic heterocycles. The van der Waals surface area contributed by atoms with Crippen molar-refractivity contribution in [1.82, 2.24) is 19.9 Å². The zero-order chi connectivity index (χ0) is 25.6. The minimum atomic E-state index is -3.41. The number of hydrogen-bond acceptors (Lipinski definition) is 7. The number of alkyl halides is 2. The Morgan fingerprint density at radius 3 is 2.15 bits per heavy atom. The first kappa shape index (κ1) is 28.9. The highest BCUT2D eigenvalue weighted by Gasteiger charge is 2.46. The lowest BCUT2D eigenvalue weighted by molar-refractivity contribution is -0.157. The monoisotopic (exact) mass is 476 g/mol. The summed E-state index contributed by atoms with van der Waals surface area (Å²) in [5.41, 5.74) is -1.48. The number of carbonyl (C=O) groups is 2. The van der Waals surface area contributed by atoms with Crippen molar-refractivity contribution in [2.45, 2.75) is 84.0 Å². The lowest BCUT2D eigenvalue weighted by Gasteiger charge is -2.33. The molecule has 1 aliphatic rings. The number of nitrogens with zero attached hydrogens (tertiary/aromatic N) is 4. The van der Waals surface area contributed by atoms with Gasteiger partial charge >= 0.3 is 11.9 Å². The van der Waals surface area contributed by atoms with E-state index in [1.165, 1.54) is 11.8 Å². The van der Waals surface area contributed by atoms with E-state index in [1.54, 1.807) is 35.0 Å². The Balaban J connectivity index is 0.00000172. The van der Waals surface area contributed by atoms with Gasteiger partial charge in [-0.15, -0.1) is 5.10 Å². The van der Waals surface area contributed by atoms with Crippen LogP contribution in [-0.4, -0.2) is 71.8 Å². The fourth-order valence-electron chi connectivity index (χ4n) is 3.34. The maximum absolute atomic E-state index is 15.1. The van der Waals surface area contributed by atoms with Gasteiger partial charge in [0, 0.05) is 34.3 Å². The van der Waals surface area contributed by atoms with Crippen molar-refractivity contribution in [2.75, 3.05) is 34.4 Å². The standard InChI is InChI=1S/C20H32F2N4O4.C2H6O/c1-18(2,3)26-16-13(29-7)10-11-25(12-20(21,22)17(16)23-24-26)14(27)8-9-15(28)30-19(4,5)6;1-3-2/h13H,8-12H2,1-7H3;1-2H3/t13-;/m1./s1. The topological polar surface area (TPSA) is 95.8 Å². The molecule has 0 saturated heterocycles. The minimum Gasteiger partial charge on any atom is -0.460 e. The number of ether oxygens (including phenoxy) is 3. The summed E-state index contributed by atoms with van der Waals surface area (Å²) in [4.78, 5) is 25.5. The number of hydrogen-bond donors (Lipinski definition) is 0. The smallest absolute Gasteiger partial charge is 0.310 e. The van der Waals surface area contributed by atoms with E-state index in [9.17, 15) is 9.59 Å². The first-order chi connectivity index (χ1) is 15.1. The summed E-state index contributed by atoms with van der Waals surface area (Å²) in [7, 11) is 4.68. The number of aromatic nitrogens is 3. The van der Waals surface area contributed by atoms with Crippen molar-refractivity contribution in [3.63, 3.8) is 0 Å². The molecule has 9 nitrogen and oxygen atoms in total. The van der Waals surface area contributed by atoms with Gasteiger partial charge in [-0.2, -0.15) is 8.78 Å². The molecule has 0 aromatic carbocycles. The molecule has 1 aromatic heterocycles. The van der Waals surface area contributed by atoms with Crippen LogP contribution in [0.5, 0.6) is 0 Å². The van der Waals surface area contributed by atoms with Crippen LogP contribution in [0.15, 0.2) is 0 Å². The van der Waals surface area contributed by atoms with Gasteiger partial charge in [0.2, 0.25) is 5.91 Å². The Kier molecular flexibility index (Phi) is 9.92. The molecule has 1 atom stereocenters. The minimum absolute atomic E-state index is 0.0655. The Morgan fingerprint density at radius 1 is 1.09 bits per heavy atom. The van der Waals surface area contributed by atoms with Gasteiger partial charge in [0.05, 0.1) is 24.2 Å². The predicted molar refractivity (Wildman–Crippen MR) is 118 cm³/mol. The van der Waals surface area contributed by atoms with Gasteiger partial charge in [0.15, 0.2) is 5.69 Å². The SMILES string of the molecule is COC.CO[C@@H]1CCN(C(=O)CCC(=O)OC(C)(C)C)CC(F)(F)c2nnn(C(C)(C)C)c21. The van der Waals surface area contributed by atoms with Crippen LogP contribution in [-0.2, 0) is 35.3 Å². The fraction of sp³-hybridized carbons (Fsp3) is 0.818. The van der Waals surface area contributed by atoms with Crippen molar-refractivity contribution >= 4 is 11.9 Å². The van der Waals surface area contributed by atoms with E-state index < -0.39 is 47.3 Å². The van der Waals surface area contributed by atoms with Crippen LogP contribution >= 0.6 is 0 Å². The van der Waals surface area contributed by atoms with E-state index in [-0.39, 0.29) is 25.1 Å². The highest BCUT2D eigenvalue weighted by atomic mass is 19.3. The molecule has 33 heavy (non-hydrogen) atoms. The average molecular weight is 477 g/mol. The van der Waals surface area contributed by atoms with E-state index in [0.29, 0.717) is 6.42 Å². The molecule has 0 saturated carbocycles. The molecule has 0 unspecified atom stereocenters. The van der Waals surface area contributed by atoms with E-state index in [1.807, 2.05) is 20.8 Å². The van der Waals surface area contributed by atoms with Gasteiger partial charge < -0.3 is 19.1 Å². The summed E-state index contributed by atoms with van der Waals surface area (Å²) < 4.78 is 46.6. The maximum atomic E-state index is 15.1. The van der Waals surface area contributed by atoms with Gasteiger partial charge in [0.1, 0.15) is 11.7 Å². The highest BCUT2D eigenvalue weighted by Crippen LogP contribution is 2.38. The molecule has 11 heteroatoms. The number of amides is 1. The van der Waals surface area contributed by atoms with Crippen molar-refractivity contribution in [1.29, 1.82) is 0 Å². The summed E-state index contributed by atoms with van der Waals surface area (Å²) in [6.45, 7) is 9.94. The molecule has 0 bridgehead atoms. The van der Waals surface area contributed by atoms with Gasteiger partial charge in [-0.1, -0.05) is 5.21 Å². The molecule has 2 heterocycles. The van der Waals surface area contributed by atoms with Crippen LogP contribution in [0.4, 0.5) is 8.78 Å². The quantitative estimate of drug-likeness (QED) is 0.615. The van der Waals surface area contributed by atoms with Crippen LogP contribution in [0.25, 0.3) is 0 Å². The molecular weight excluding hydrogens is 438 g/mol. The highest BCUT2D eigenvalue weighted by molar-refractivity contribution is 5.81. The largest absolute Gasteiger partial charge is 0.460 e. The second-order valence-electron chi connectivity index (χ2n) is 9.93. The summed E-state index contributed by atoms with van der Waals surface area (Å²) in [5.74, 6) is -4.49. The predicted octanol–water partition coefficient (Wildman–Crippen LogP) is 3.43. The summed E-state index contributed by atoms with van der Waals surface area (Å²) in [5, 5.41) is 7.71. The molecule has 0 radical (unpaired) electrons. The third kappa shape index (κ3) is 8.29. The Morgan fingerprint density at radius 2 is 1.67 bits per heavy atom. The van der Waals surface area contributed by atoms with Crippen molar-refractivity contribution in [3.8, 4) is 0 Å². The van der Waals surface area contributed by atoms with Crippen molar-refractivity contribution in [2.24, 2.45) is 0 Å². The first-order valence-corrected chi connectivity index (χ1v) is 10.8. The van der Waals surface area contributed by atoms with Crippen molar-refractivity contribution in [3.05, 3.63) is 11.4 Å². The molecule has 0 aliphatic carbocycles. The van der Waals surface area contributed by atoms with E-state index in [2.05, 4.69) is 15.0 Å².